The van der Waals surface area contributed by atoms with Gasteiger partial charge in [0, 0.05) is 6.54 Å². The molecule has 0 aliphatic carbocycles. The second-order valence-electron chi connectivity index (χ2n) is 2.17. The molecule has 1 rings (SSSR count). The number of hydrogen-bond donors (Lipinski definition) is 1. The van der Waals surface area contributed by atoms with Crippen LogP contribution in [-0.4, -0.2) is 13.1 Å². The van der Waals surface area contributed by atoms with Crippen LogP contribution in [0.5, 0.6) is 0 Å². The molecule has 1 heteroatoms. The maximum atomic E-state index is 3.30. The zero-order valence-corrected chi connectivity index (χ0v) is 5.19. The SMILES string of the molecule is C1=C\CNCCCC/1. The molecular weight excluding hydrogens is 98.1 g/mol. The summed E-state index contributed by atoms with van der Waals surface area (Å²) < 4.78 is 0. The van der Waals surface area contributed by atoms with Crippen molar-refractivity contribution in [3.05, 3.63) is 12.2 Å². The Labute approximate surface area is 50.8 Å². The smallest absolute Gasteiger partial charge is 0.0134 e. The highest BCUT2D eigenvalue weighted by atomic mass is 14.8. The predicted molar refractivity (Wildman–Crippen MR) is 35.9 cm³/mol. The van der Waals surface area contributed by atoms with Crippen LogP contribution in [0.3, 0.4) is 0 Å². The third-order valence-electron chi connectivity index (χ3n) is 1.40. The largest absolute Gasteiger partial charge is 0.313 e. The Morgan fingerprint density at radius 1 is 1.12 bits per heavy atom. The van der Waals surface area contributed by atoms with Crippen molar-refractivity contribution in [1.82, 2.24) is 5.32 Å². The minimum atomic E-state index is 1.07. The molecule has 0 saturated heterocycles. The third-order valence-corrected chi connectivity index (χ3v) is 1.40. The van der Waals surface area contributed by atoms with Gasteiger partial charge in [0.05, 0.1) is 0 Å². The van der Waals surface area contributed by atoms with Crippen molar-refractivity contribution in [2.24, 2.45) is 0 Å². The first kappa shape index (κ1) is 5.83. The van der Waals surface area contributed by atoms with Gasteiger partial charge in [-0.2, -0.15) is 0 Å². The van der Waals surface area contributed by atoms with E-state index in [9.17, 15) is 0 Å². The Hall–Kier alpha value is -0.300. The first-order chi connectivity index (χ1) is 4.00. The normalized spacial score (nSPS) is 26.0. The second kappa shape index (κ2) is 3.67. The molecule has 46 valence electrons. The molecule has 8 heavy (non-hydrogen) atoms. The van der Waals surface area contributed by atoms with Crippen LogP contribution >= 0.6 is 0 Å². The van der Waals surface area contributed by atoms with Gasteiger partial charge in [-0.3, -0.25) is 0 Å². The lowest BCUT2D eigenvalue weighted by Crippen LogP contribution is -2.15. The molecule has 0 spiro atoms. The van der Waals surface area contributed by atoms with Crippen LogP contribution < -0.4 is 5.32 Å². The Morgan fingerprint density at radius 2 is 2.12 bits per heavy atom. The Balaban J connectivity index is 2.17. The molecule has 1 aliphatic heterocycles. The maximum absolute atomic E-state index is 3.30. The molecule has 1 heterocycles. The average Bonchev–Trinajstić information content (AvgIpc) is 1.62. The molecule has 0 saturated carbocycles. The standard InChI is InChI=1S/C7H13N/c1-2-4-6-8-7-5-3-1/h2,4,8H,1,3,5-7H2/b4-2-. The lowest BCUT2D eigenvalue weighted by molar-refractivity contribution is 0.646. The molecule has 0 aromatic heterocycles. The van der Waals surface area contributed by atoms with Gasteiger partial charge in [0.1, 0.15) is 0 Å². The van der Waals surface area contributed by atoms with Crippen molar-refractivity contribution in [3.8, 4) is 0 Å². The van der Waals surface area contributed by atoms with Crippen molar-refractivity contribution >= 4 is 0 Å². The first-order valence-electron chi connectivity index (χ1n) is 3.36. The summed E-state index contributed by atoms with van der Waals surface area (Å²) in [6.07, 6.45) is 8.43. The molecule has 1 N–H and O–H groups in total. The summed E-state index contributed by atoms with van der Waals surface area (Å²) in [6.45, 7) is 2.27. The number of hydrogen-bond acceptors (Lipinski definition) is 1. The fourth-order valence-electron chi connectivity index (χ4n) is 0.899. The van der Waals surface area contributed by atoms with Crippen LogP contribution in [-0.2, 0) is 0 Å². The van der Waals surface area contributed by atoms with E-state index in [1.807, 2.05) is 0 Å². The van der Waals surface area contributed by atoms with Crippen molar-refractivity contribution in [3.63, 3.8) is 0 Å². The van der Waals surface area contributed by atoms with Gasteiger partial charge in [-0.05, 0) is 25.8 Å². The topological polar surface area (TPSA) is 12.0 Å². The van der Waals surface area contributed by atoms with E-state index in [1.54, 1.807) is 0 Å². The molecule has 0 radical (unpaired) electrons. The van der Waals surface area contributed by atoms with E-state index in [0.29, 0.717) is 0 Å². The quantitative estimate of drug-likeness (QED) is 0.465. The summed E-state index contributed by atoms with van der Waals surface area (Å²) in [7, 11) is 0. The van der Waals surface area contributed by atoms with Crippen LogP contribution in [0.15, 0.2) is 12.2 Å². The zero-order chi connectivity index (χ0) is 5.66. The highest BCUT2D eigenvalue weighted by Crippen LogP contribution is 1.96. The Kier molecular flexibility index (Phi) is 2.68. The van der Waals surface area contributed by atoms with Crippen molar-refractivity contribution < 1.29 is 0 Å². The van der Waals surface area contributed by atoms with Crippen LogP contribution in [0.25, 0.3) is 0 Å². The lowest BCUT2D eigenvalue weighted by Gasteiger charge is -2.02. The van der Waals surface area contributed by atoms with Gasteiger partial charge in [0.2, 0.25) is 0 Å². The van der Waals surface area contributed by atoms with Crippen LogP contribution in [0, 0.1) is 0 Å². The molecular formula is C7H13N. The highest BCUT2D eigenvalue weighted by Gasteiger charge is 1.88. The van der Waals surface area contributed by atoms with Gasteiger partial charge >= 0.3 is 0 Å². The summed E-state index contributed by atoms with van der Waals surface area (Å²) in [5.41, 5.74) is 0. The average molecular weight is 111 g/mol. The summed E-state index contributed by atoms with van der Waals surface area (Å²) in [6, 6.07) is 0. The second-order valence-corrected chi connectivity index (χ2v) is 2.17. The number of rotatable bonds is 0. The van der Waals surface area contributed by atoms with Gasteiger partial charge < -0.3 is 5.32 Å². The first-order valence-corrected chi connectivity index (χ1v) is 3.36. The highest BCUT2D eigenvalue weighted by molar-refractivity contribution is 4.85. The molecule has 1 nitrogen and oxygen atoms in total. The third kappa shape index (κ3) is 2.12. The monoisotopic (exact) mass is 111 g/mol. The van der Waals surface area contributed by atoms with E-state index in [4.69, 9.17) is 0 Å². The molecule has 0 amide bonds. The van der Waals surface area contributed by atoms with Crippen molar-refractivity contribution in [2.45, 2.75) is 19.3 Å². The molecule has 0 bridgehead atoms. The van der Waals surface area contributed by atoms with Crippen molar-refractivity contribution in [1.29, 1.82) is 0 Å². The minimum absolute atomic E-state index is 1.07. The summed E-state index contributed by atoms with van der Waals surface area (Å²) in [4.78, 5) is 0. The van der Waals surface area contributed by atoms with Crippen LogP contribution in [0.4, 0.5) is 0 Å². The molecule has 0 fully saturated rings. The van der Waals surface area contributed by atoms with Crippen LogP contribution in [0.2, 0.25) is 0 Å². The van der Waals surface area contributed by atoms with E-state index in [1.165, 1.54) is 25.8 Å². The molecule has 0 atom stereocenters. The van der Waals surface area contributed by atoms with Gasteiger partial charge in [-0.15, -0.1) is 0 Å². The minimum Gasteiger partial charge on any atom is -0.313 e. The van der Waals surface area contributed by atoms with Gasteiger partial charge in [0.15, 0.2) is 0 Å². The summed E-state index contributed by atoms with van der Waals surface area (Å²) in [5.74, 6) is 0. The molecule has 0 aromatic rings. The van der Waals surface area contributed by atoms with E-state index >= 15 is 0 Å². The summed E-state index contributed by atoms with van der Waals surface area (Å²) >= 11 is 0. The summed E-state index contributed by atoms with van der Waals surface area (Å²) in [5, 5.41) is 3.30. The van der Waals surface area contributed by atoms with E-state index < -0.39 is 0 Å². The Bertz CT molecular complexity index is 66.5. The Morgan fingerprint density at radius 3 is 3.12 bits per heavy atom. The predicted octanol–water partition coefficient (Wildman–Crippen LogP) is 1.32. The van der Waals surface area contributed by atoms with E-state index in [-0.39, 0.29) is 0 Å². The molecule has 0 aromatic carbocycles. The van der Waals surface area contributed by atoms with E-state index in [0.717, 1.165) is 6.54 Å². The lowest BCUT2D eigenvalue weighted by atomic mass is 10.2. The van der Waals surface area contributed by atoms with Crippen LogP contribution in [0.1, 0.15) is 19.3 Å². The van der Waals surface area contributed by atoms with Gasteiger partial charge in [-0.1, -0.05) is 12.2 Å². The molecule has 0 unspecified atom stereocenters. The maximum Gasteiger partial charge on any atom is 0.0134 e. The zero-order valence-electron chi connectivity index (χ0n) is 5.19. The number of allylic oxidation sites excluding steroid dienone is 1. The number of nitrogens with one attached hydrogen (secondary N) is 1. The van der Waals surface area contributed by atoms with E-state index in [2.05, 4.69) is 17.5 Å². The van der Waals surface area contributed by atoms with Crippen molar-refractivity contribution in [2.75, 3.05) is 13.1 Å². The van der Waals surface area contributed by atoms with Gasteiger partial charge in [-0.25, -0.2) is 0 Å². The van der Waals surface area contributed by atoms with Gasteiger partial charge in [0.25, 0.3) is 0 Å². The molecule has 1 aliphatic rings. The fraction of sp³-hybridized carbons (Fsp3) is 0.714. The fourth-order valence-corrected chi connectivity index (χ4v) is 0.899.